The maximum absolute atomic E-state index is 12.5. The molecule has 0 aliphatic carbocycles. The van der Waals surface area contributed by atoms with E-state index >= 15 is 0 Å². The smallest absolute Gasteiger partial charge is 0.257 e. The van der Waals surface area contributed by atoms with Gasteiger partial charge in [0.1, 0.15) is 0 Å². The van der Waals surface area contributed by atoms with Crippen molar-refractivity contribution in [3.8, 4) is 0 Å². The van der Waals surface area contributed by atoms with Crippen molar-refractivity contribution in [2.45, 2.75) is 38.3 Å². The Balaban J connectivity index is 2.33. The third-order valence-corrected chi connectivity index (χ3v) is 4.06. The van der Waals surface area contributed by atoms with Crippen molar-refractivity contribution in [2.24, 2.45) is 0 Å². The number of aromatic nitrogens is 2. The molecule has 0 radical (unpaired) electrons. The molecule has 19 heavy (non-hydrogen) atoms. The van der Waals surface area contributed by atoms with Crippen LogP contribution in [-0.4, -0.2) is 44.3 Å². The summed E-state index contributed by atoms with van der Waals surface area (Å²) in [6, 6.07) is 0. The lowest BCUT2D eigenvalue weighted by Crippen LogP contribution is -2.36. The van der Waals surface area contributed by atoms with Crippen molar-refractivity contribution >= 4 is 16.7 Å². The van der Waals surface area contributed by atoms with Gasteiger partial charge in [-0.1, -0.05) is 0 Å². The fourth-order valence-corrected chi connectivity index (χ4v) is 2.91. The van der Waals surface area contributed by atoms with E-state index in [0.717, 1.165) is 25.9 Å². The SMILES string of the molecule is Cc1nc(S(C)=O)nc(C)c1C(=O)N1CCCCC1. The number of aryl methyl sites for hydroxylation is 2. The molecule has 0 bridgehead atoms. The minimum atomic E-state index is -1.22. The molecule has 1 fully saturated rings. The Morgan fingerprint density at radius 3 is 2.11 bits per heavy atom. The number of piperidine rings is 1. The number of likely N-dealkylation sites (tertiary alicyclic amines) is 1. The second-order valence-corrected chi connectivity index (χ2v) is 6.13. The van der Waals surface area contributed by atoms with E-state index < -0.39 is 10.8 Å². The molecule has 104 valence electrons. The largest absolute Gasteiger partial charge is 0.339 e. The van der Waals surface area contributed by atoms with Gasteiger partial charge in [0.25, 0.3) is 5.91 Å². The van der Waals surface area contributed by atoms with Gasteiger partial charge in [0.15, 0.2) is 0 Å². The summed E-state index contributed by atoms with van der Waals surface area (Å²) < 4.78 is 11.4. The molecule has 5 nitrogen and oxygen atoms in total. The van der Waals surface area contributed by atoms with Gasteiger partial charge < -0.3 is 4.90 Å². The fraction of sp³-hybridized carbons (Fsp3) is 0.615. The van der Waals surface area contributed by atoms with Crippen LogP contribution in [0.25, 0.3) is 0 Å². The van der Waals surface area contributed by atoms with E-state index in [-0.39, 0.29) is 5.91 Å². The molecule has 2 heterocycles. The summed E-state index contributed by atoms with van der Waals surface area (Å²) in [6.45, 7) is 5.17. The van der Waals surface area contributed by atoms with E-state index in [1.54, 1.807) is 20.1 Å². The first kappa shape index (κ1) is 14.1. The molecule has 0 aromatic carbocycles. The molecule has 0 N–H and O–H groups in total. The van der Waals surface area contributed by atoms with Gasteiger partial charge in [0.05, 0.1) is 27.8 Å². The Labute approximate surface area is 115 Å². The number of carbonyl (C=O) groups is 1. The van der Waals surface area contributed by atoms with Gasteiger partial charge in [-0.15, -0.1) is 0 Å². The summed E-state index contributed by atoms with van der Waals surface area (Å²) in [4.78, 5) is 22.7. The number of amides is 1. The van der Waals surface area contributed by atoms with Gasteiger partial charge in [-0.3, -0.25) is 9.00 Å². The van der Waals surface area contributed by atoms with Gasteiger partial charge in [-0.2, -0.15) is 0 Å². The maximum atomic E-state index is 12.5. The third kappa shape index (κ3) is 3.00. The standard InChI is InChI=1S/C13H19N3O2S/c1-9-11(10(2)15-13(14-9)19(3)18)12(17)16-7-5-4-6-8-16/h4-8H2,1-3H3. The highest BCUT2D eigenvalue weighted by molar-refractivity contribution is 7.84. The van der Waals surface area contributed by atoms with Crippen LogP contribution in [0.4, 0.5) is 0 Å². The van der Waals surface area contributed by atoms with Crippen LogP contribution in [0.1, 0.15) is 41.0 Å². The second-order valence-electron chi connectivity index (χ2n) is 4.86. The molecule has 2 rings (SSSR count). The van der Waals surface area contributed by atoms with Crippen molar-refractivity contribution in [2.75, 3.05) is 19.3 Å². The molecule has 1 saturated heterocycles. The summed E-state index contributed by atoms with van der Waals surface area (Å²) in [5.74, 6) is 0.00290. The summed E-state index contributed by atoms with van der Waals surface area (Å²) >= 11 is 0. The van der Waals surface area contributed by atoms with Crippen LogP contribution < -0.4 is 0 Å². The number of hydrogen-bond acceptors (Lipinski definition) is 4. The van der Waals surface area contributed by atoms with Crippen LogP contribution in [0, 0.1) is 13.8 Å². The maximum Gasteiger partial charge on any atom is 0.257 e. The fourth-order valence-electron chi connectivity index (χ4n) is 2.38. The van der Waals surface area contributed by atoms with Crippen LogP contribution in [0.15, 0.2) is 5.16 Å². The first-order valence-electron chi connectivity index (χ1n) is 6.48. The van der Waals surface area contributed by atoms with Crippen LogP contribution in [-0.2, 0) is 10.8 Å². The zero-order chi connectivity index (χ0) is 14.0. The predicted molar refractivity (Wildman–Crippen MR) is 73.6 cm³/mol. The van der Waals surface area contributed by atoms with Crippen LogP contribution in [0.5, 0.6) is 0 Å². The summed E-state index contributed by atoms with van der Waals surface area (Å²) in [7, 11) is -1.22. The van der Waals surface area contributed by atoms with Crippen molar-refractivity contribution < 1.29 is 9.00 Å². The highest BCUT2D eigenvalue weighted by Crippen LogP contribution is 2.17. The monoisotopic (exact) mass is 281 g/mol. The Bertz CT molecular complexity index is 502. The number of rotatable bonds is 2. The van der Waals surface area contributed by atoms with Crippen LogP contribution >= 0.6 is 0 Å². The number of hydrogen-bond donors (Lipinski definition) is 0. The molecule has 1 aliphatic heterocycles. The third-order valence-electron chi connectivity index (χ3n) is 3.36. The Morgan fingerprint density at radius 1 is 1.11 bits per heavy atom. The van der Waals surface area contributed by atoms with Crippen molar-refractivity contribution in [1.82, 2.24) is 14.9 Å². The lowest BCUT2D eigenvalue weighted by atomic mass is 10.1. The van der Waals surface area contributed by atoms with Gasteiger partial charge in [-0.25, -0.2) is 9.97 Å². The van der Waals surface area contributed by atoms with Crippen molar-refractivity contribution in [1.29, 1.82) is 0 Å². The molecule has 1 atom stereocenters. The first-order chi connectivity index (χ1) is 9.00. The summed E-state index contributed by atoms with van der Waals surface area (Å²) in [5, 5.41) is 0.296. The highest BCUT2D eigenvalue weighted by Gasteiger charge is 2.23. The van der Waals surface area contributed by atoms with E-state index in [1.807, 2.05) is 4.90 Å². The molecule has 1 amide bonds. The Hall–Kier alpha value is -1.30. The zero-order valence-electron chi connectivity index (χ0n) is 11.6. The van der Waals surface area contributed by atoms with Gasteiger partial charge >= 0.3 is 0 Å². The zero-order valence-corrected chi connectivity index (χ0v) is 12.4. The number of carbonyl (C=O) groups excluding carboxylic acids is 1. The minimum Gasteiger partial charge on any atom is -0.339 e. The van der Waals surface area contributed by atoms with E-state index in [4.69, 9.17) is 0 Å². The van der Waals surface area contributed by atoms with Crippen molar-refractivity contribution in [3.05, 3.63) is 17.0 Å². The van der Waals surface area contributed by atoms with E-state index in [2.05, 4.69) is 9.97 Å². The average Bonchev–Trinajstić information content (AvgIpc) is 2.38. The Kier molecular flexibility index (Phi) is 4.29. The molecule has 1 unspecified atom stereocenters. The second kappa shape index (κ2) is 5.77. The molecule has 1 aromatic rings. The molecule has 6 heteroatoms. The van der Waals surface area contributed by atoms with Crippen LogP contribution in [0.2, 0.25) is 0 Å². The molecule has 0 saturated carbocycles. The lowest BCUT2D eigenvalue weighted by Gasteiger charge is -2.27. The Morgan fingerprint density at radius 2 is 1.63 bits per heavy atom. The highest BCUT2D eigenvalue weighted by atomic mass is 32.2. The molecule has 0 spiro atoms. The first-order valence-corrected chi connectivity index (χ1v) is 8.04. The summed E-state index contributed by atoms with van der Waals surface area (Å²) in [6.07, 6.45) is 4.84. The van der Waals surface area contributed by atoms with Gasteiger partial charge in [-0.05, 0) is 33.1 Å². The normalized spacial score (nSPS) is 17.3. The average molecular weight is 281 g/mol. The van der Waals surface area contributed by atoms with Crippen molar-refractivity contribution in [3.63, 3.8) is 0 Å². The quantitative estimate of drug-likeness (QED) is 0.770. The minimum absolute atomic E-state index is 0.00290. The molecular weight excluding hydrogens is 262 g/mol. The molecular formula is C13H19N3O2S. The lowest BCUT2D eigenvalue weighted by molar-refractivity contribution is 0.0721. The number of nitrogens with zero attached hydrogens (tertiary/aromatic N) is 3. The molecule has 1 aliphatic rings. The van der Waals surface area contributed by atoms with E-state index in [0.29, 0.717) is 22.1 Å². The van der Waals surface area contributed by atoms with E-state index in [1.165, 1.54) is 6.42 Å². The van der Waals surface area contributed by atoms with E-state index in [9.17, 15) is 9.00 Å². The predicted octanol–water partition coefficient (Wildman–Crippen LogP) is 1.46. The van der Waals surface area contributed by atoms with Gasteiger partial charge in [0.2, 0.25) is 5.16 Å². The summed E-state index contributed by atoms with van der Waals surface area (Å²) in [5.41, 5.74) is 1.80. The van der Waals surface area contributed by atoms with Gasteiger partial charge in [0, 0.05) is 19.3 Å². The topological polar surface area (TPSA) is 63.2 Å². The van der Waals surface area contributed by atoms with Crippen LogP contribution in [0.3, 0.4) is 0 Å². The molecule has 1 aromatic heterocycles.